The van der Waals surface area contributed by atoms with Gasteiger partial charge in [-0.3, -0.25) is 10.4 Å². The van der Waals surface area contributed by atoms with Crippen molar-refractivity contribution in [2.45, 2.75) is 43.7 Å². The third kappa shape index (κ3) is 1.08. The minimum atomic E-state index is -0.835. The van der Waals surface area contributed by atoms with Crippen molar-refractivity contribution in [3.8, 4) is 0 Å². The summed E-state index contributed by atoms with van der Waals surface area (Å²) in [4.78, 5) is 0. The van der Waals surface area contributed by atoms with Crippen molar-refractivity contribution in [1.82, 2.24) is 5.23 Å². The highest BCUT2D eigenvalue weighted by Crippen LogP contribution is 2.56. The molecule has 3 N–H and O–H groups in total. The predicted octanol–water partition coefficient (Wildman–Crippen LogP) is 1.01. The first-order valence-electron chi connectivity index (χ1n) is 5.48. The van der Waals surface area contributed by atoms with E-state index in [2.05, 4.69) is 0 Å². The van der Waals surface area contributed by atoms with Crippen LogP contribution in [0.1, 0.15) is 32.1 Å². The molecule has 0 spiro atoms. The first kappa shape index (κ1) is 9.09. The summed E-state index contributed by atoms with van der Waals surface area (Å²) in [6, 6.07) is -0.449. The van der Waals surface area contributed by atoms with Gasteiger partial charge in [0, 0.05) is 0 Å². The summed E-state index contributed by atoms with van der Waals surface area (Å²) in [5, 5.41) is 29.0. The third-order valence-corrected chi connectivity index (χ3v) is 4.47. The van der Waals surface area contributed by atoms with Crippen LogP contribution < -0.4 is 0 Å². The summed E-state index contributed by atoms with van der Waals surface area (Å²) >= 11 is 0. The molecule has 4 nitrogen and oxygen atoms in total. The second-order valence-electron chi connectivity index (χ2n) is 5.48. The van der Waals surface area contributed by atoms with Crippen molar-refractivity contribution in [2.75, 3.05) is 0 Å². The molecule has 4 aliphatic carbocycles. The fourth-order valence-electron chi connectivity index (χ4n) is 4.37. The van der Waals surface area contributed by atoms with E-state index in [4.69, 9.17) is 0 Å². The Labute approximate surface area is 83.1 Å². The van der Waals surface area contributed by atoms with E-state index in [0.717, 1.165) is 25.7 Å². The topological polar surface area (TPSA) is 63.9 Å². The molecular formula is C10H17NO3. The van der Waals surface area contributed by atoms with E-state index in [9.17, 15) is 15.5 Å². The molecular weight excluding hydrogens is 182 g/mol. The van der Waals surface area contributed by atoms with Crippen LogP contribution in [-0.4, -0.2) is 32.4 Å². The SMILES string of the molecule is ON(O)C1C2CC3CC(C2)CC1(O)C3. The first-order valence-corrected chi connectivity index (χ1v) is 5.48. The average Bonchev–Trinajstić information content (AvgIpc) is 1.97. The van der Waals surface area contributed by atoms with E-state index in [-0.39, 0.29) is 11.1 Å². The average molecular weight is 199 g/mol. The lowest BCUT2D eigenvalue weighted by atomic mass is 9.52. The van der Waals surface area contributed by atoms with Crippen LogP contribution in [-0.2, 0) is 0 Å². The zero-order chi connectivity index (χ0) is 9.92. The molecule has 0 amide bonds. The maximum atomic E-state index is 10.4. The molecule has 4 bridgehead atoms. The molecule has 0 aromatic heterocycles. The summed E-state index contributed by atoms with van der Waals surface area (Å²) in [6.45, 7) is 0. The number of hydrogen-bond donors (Lipinski definition) is 3. The normalized spacial score (nSPS) is 55.7. The van der Waals surface area contributed by atoms with Crippen LogP contribution in [0.2, 0.25) is 0 Å². The smallest absolute Gasteiger partial charge is 0.0938 e. The molecule has 0 aromatic carbocycles. The first-order chi connectivity index (χ1) is 6.58. The van der Waals surface area contributed by atoms with Crippen LogP contribution >= 0.6 is 0 Å². The van der Waals surface area contributed by atoms with E-state index in [0.29, 0.717) is 11.8 Å². The molecule has 14 heavy (non-hydrogen) atoms. The van der Waals surface area contributed by atoms with Gasteiger partial charge >= 0.3 is 0 Å². The predicted molar refractivity (Wildman–Crippen MR) is 47.7 cm³/mol. The van der Waals surface area contributed by atoms with E-state index < -0.39 is 11.6 Å². The molecule has 4 fully saturated rings. The Bertz CT molecular complexity index is 242. The standard InChI is InChI=1S/C10H17NO3/c12-10-4-6-1-7(5-10)3-8(2-6)9(10)11(13)14/h6-9,12-14H,1-5H2. The summed E-state index contributed by atoms with van der Waals surface area (Å²) < 4.78 is 0. The molecule has 3 atom stereocenters. The second kappa shape index (κ2) is 2.70. The van der Waals surface area contributed by atoms with E-state index >= 15 is 0 Å². The fraction of sp³-hybridized carbons (Fsp3) is 1.00. The lowest BCUT2D eigenvalue weighted by Crippen LogP contribution is -2.65. The van der Waals surface area contributed by atoms with Crippen molar-refractivity contribution >= 4 is 0 Å². The molecule has 0 heterocycles. The summed E-state index contributed by atoms with van der Waals surface area (Å²) in [6.07, 6.45) is 4.86. The molecule has 3 unspecified atom stereocenters. The summed E-state index contributed by atoms with van der Waals surface area (Å²) in [7, 11) is 0. The van der Waals surface area contributed by atoms with Gasteiger partial charge in [-0.15, -0.1) is 0 Å². The van der Waals surface area contributed by atoms with Gasteiger partial charge in [0.1, 0.15) is 0 Å². The lowest BCUT2D eigenvalue weighted by molar-refractivity contribution is -0.382. The quantitative estimate of drug-likeness (QED) is 0.551. The number of aliphatic hydroxyl groups is 1. The van der Waals surface area contributed by atoms with Crippen molar-refractivity contribution in [2.24, 2.45) is 17.8 Å². The Morgan fingerprint density at radius 1 is 1.00 bits per heavy atom. The van der Waals surface area contributed by atoms with Crippen molar-refractivity contribution < 1.29 is 15.5 Å². The molecule has 4 saturated carbocycles. The molecule has 0 saturated heterocycles. The van der Waals surface area contributed by atoms with E-state index in [1.807, 2.05) is 0 Å². The monoisotopic (exact) mass is 199 g/mol. The summed E-state index contributed by atoms with van der Waals surface area (Å²) in [5.74, 6) is 1.52. The van der Waals surface area contributed by atoms with Gasteiger partial charge in [0.2, 0.25) is 0 Å². The van der Waals surface area contributed by atoms with Crippen molar-refractivity contribution in [1.29, 1.82) is 0 Å². The molecule has 80 valence electrons. The highest BCUT2D eigenvalue weighted by molar-refractivity contribution is 5.09. The van der Waals surface area contributed by atoms with Crippen LogP contribution in [0.4, 0.5) is 0 Å². The number of hydroxylamine groups is 2. The van der Waals surface area contributed by atoms with Crippen molar-refractivity contribution in [3.63, 3.8) is 0 Å². The Morgan fingerprint density at radius 2 is 1.57 bits per heavy atom. The van der Waals surface area contributed by atoms with Gasteiger partial charge in [-0.2, -0.15) is 0 Å². The second-order valence-corrected chi connectivity index (χ2v) is 5.48. The molecule has 4 aliphatic rings. The maximum Gasteiger partial charge on any atom is 0.0938 e. The van der Waals surface area contributed by atoms with E-state index in [1.165, 1.54) is 6.42 Å². The van der Waals surface area contributed by atoms with Crippen LogP contribution in [0.25, 0.3) is 0 Å². The van der Waals surface area contributed by atoms with Gasteiger partial charge < -0.3 is 5.11 Å². The Balaban J connectivity index is 1.94. The van der Waals surface area contributed by atoms with Crippen LogP contribution in [0.3, 0.4) is 0 Å². The zero-order valence-corrected chi connectivity index (χ0v) is 8.13. The minimum Gasteiger partial charge on any atom is -0.388 e. The highest BCUT2D eigenvalue weighted by Gasteiger charge is 2.58. The third-order valence-electron chi connectivity index (χ3n) is 4.47. The molecule has 4 rings (SSSR count). The van der Waals surface area contributed by atoms with Crippen LogP contribution in [0.15, 0.2) is 0 Å². The van der Waals surface area contributed by atoms with Gasteiger partial charge in [-0.25, -0.2) is 0 Å². The molecule has 0 aliphatic heterocycles. The summed E-state index contributed by atoms with van der Waals surface area (Å²) in [5.41, 5.74) is -0.835. The Morgan fingerprint density at radius 3 is 2.00 bits per heavy atom. The minimum absolute atomic E-state index is 0.266. The van der Waals surface area contributed by atoms with Gasteiger partial charge in [-0.05, 0) is 49.9 Å². The van der Waals surface area contributed by atoms with Crippen molar-refractivity contribution in [3.05, 3.63) is 0 Å². The van der Waals surface area contributed by atoms with Crippen LogP contribution in [0, 0.1) is 17.8 Å². The largest absolute Gasteiger partial charge is 0.388 e. The van der Waals surface area contributed by atoms with Crippen LogP contribution in [0.5, 0.6) is 0 Å². The van der Waals surface area contributed by atoms with Gasteiger partial charge in [-0.1, -0.05) is 5.23 Å². The maximum absolute atomic E-state index is 10.4. The Kier molecular flexibility index (Phi) is 1.75. The van der Waals surface area contributed by atoms with Gasteiger partial charge in [0.15, 0.2) is 0 Å². The number of rotatable bonds is 1. The lowest BCUT2D eigenvalue weighted by Gasteiger charge is -2.58. The number of nitrogens with zero attached hydrogens (tertiary/aromatic N) is 1. The van der Waals surface area contributed by atoms with E-state index in [1.54, 1.807) is 0 Å². The van der Waals surface area contributed by atoms with Gasteiger partial charge in [0.25, 0.3) is 0 Å². The molecule has 0 radical (unpaired) electrons. The fourth-order valence-corrected chi connectivity index (χ4v) is 4.37. The Hall–Kier alpha value is -0.160. The molecule has 4 heteroatoms. The zero-order valence-electron chi connectivity index (χ0n) is 8.13. The van der Waals surface area contributed by atoms with Gasteiger partial charge in [0.05, 0.1) is 11.6 Å². The number of hydrogen-bond acceptors (Lipinski definition) is 4. The molecule has 0 aromatic rings. The highest BCUT2D eigenvalue weighted by atomic mass is 16.8.